The topological polar surface area (TPSA) is 51.0 Å². The number of nitrogens with zero attached hydrogens (tertiary/aromatic N) is 2. The minimum atomic E-state index is -2.55. The van der Waals surface area contributed by atoms with Gasteiger partial charge in [-0.15, -0.1) is 0 Å². The van der Waals surface area contributed by atoms with Gasteiger partial charge in [0.25, 0.3) is 0 Å². The molecule has 1 aromatic rings. The van der Waals surface area contributed by atoms with Gasteiger partial charge >= 0.3 is 0 Å². The maximum atomic E-state index is 13.1. The summed E-state index contributed by atoms with van der Waals surface area (Å²) in [6, 6.07) is 0. The Morgan fingerprint density at radius 3 is 2.82 bits per heavy atom. The zero-order valence-electron chi connectivity index (χ0n) is 9.46. The minimum Gasteiger partial charge on any atom is -0.339 e. The van der Waals surface area contributed by atoms with Gasteiger partial charge in [-0.3, -0.25) is 0 Å². The maximum absolute atomic E-state index is 13.1. The fourth-order valence-electron chi connectivity index (χ4n) is 2.43. The second kappa shape index (κ2) is 4.01. The van der Waals surface area contributed by atoms with Crippen molar-refractivity contribution >= 4 is 0 Å². The van der Waals surface area contributed by atoms with Crippen LogP contribution in [-0.4, -0.2) is 29.2 Å². The van der Waals surface area contributed by atoms with E-state index in [-0.39, 0.29) is 18.8 Å². The van der Waals surface area contributed by atoms with Gasteiger partial charge in [0.15, 0.2) is 5.82 Å². The van der Waals surface area contributed by atoms with Gasteiger partial charge in [0.2, 0.25) is 11.8 Å². The second-order valence-electron chi connectivity index (χ2n) is 5.07. The summed E-state index contributed by atoms with van der Waals surface area (Å²) in [7, 11) is 0. The Bertz CT molecular complexity index is 403. The Hall–Kier alpha value is -1.04. The standard InChI is InChI=1S/C11H15F2N3O/c12-11(13)2-1-8(4-11)10-15-9(17-16-10)3-7-5-14-6-7/h7-8,14H,1-6H2. The first-order chi connectivity index (χ1) is 8.12. The van der Waals surface area contributed by atoms with Crippen molar-refractivity contribution in [1.82, 2.24) is 15.5 Å². The molecule has 17 heavy (non-hydrogen) atoms. The Labute approximate surface area is 97.8 Å². The van der Waals surface area contributed by atoms with Crippen molar-refractivity contribution in [2.75, 3.05) is 13.1 Å². The molecule has 0 amide bonds. The lowest BCUT2D eigenvalue weighted by molar-refractivity contribution is 0.00750. The third-order valence-electron chi connectivity index (χ3n) is 3.58. The molecule has 1 N–H and O–H groups in total. The minimum absolute atomic E-state index is 0.0614. The van der Waals surface area contributed by atoms with E-state index in [9.17, 15) is 8.78 Å². The van der Waals surface area contributed by atoms with Gasteiger partial charge < -0.3 is 9.84 Å². The molecule has 2 fully saturated rings. The molecule has 1 saturated heterocycles. The van der Waals surface area contributed by atoms with Gasteiger partial charge in [0.1, 0.15) is 0 Å². The van der Waals surface area contributed by atoms with Gasteiger partial charge in [-0.1, -0.05) is 5.16 Å². The van der Waals surface area contributed by atoms with Gasteiger partial charge in [0, 0.05) is 25.2 Å². The van der Waals surface area contributed by atoms with Crippen LogP contribution in [0.3, 0.4) is 0 Å². The van der Waals surface area contributed by atoms with Crippen molar-refractivity contribution in [1.29, 1.82) is 0 Å². The predicted octanol–water partition coefficient (Wildman–Crippen LogP) is 1.73. The van der Waals surface area contributed by atoms with Crippen molar-refractivity contribution < 1.29 is 13.3 Å². The first-order valence-corrected chi connectivity index (χ1v) is 6.03. The molecular formula is C11H15F2N3O. The molecule has 3 rings (SSSR count). The third-order valence-corrected chi connectivity index (χ3v) is 3.58. The number of aromatic nitrogens is 2. The highest BCUT2D eigenvalue weighted by Gasteiger charge is 2.41. The van der Waals surface area contributed by atoms with E-state index in [2.05, 4.69) is 15.5 Å². The number of hydrogen-bond acceptors (Lipinski definition) is 4. The number of rotatable bonds is 3. The molecule has 1 aliphatic heterocycles. The van der Waals surface area contributed by atoms with Crippen LogP contribution in [0.25, 0.3) is 0 Å². The van der Waals surface area contributed by atoms with E-state index in [0.29, 0.717) is 24.1 Å². The second-order valence-corrected chi connectivity index (χ2v) is 5.07. The summed E-state index contributed by atoms with van der Waals surface area (Å²) in [4.78, 5) is 4.24. The molecule has 0 bridgehead atoms. The average Bonchev–Trinajstić information content (AvgIpc) is 2.78. The summed E-state index contributed by atoms with van der Waals surface area (Å²) in [6.45, 7) is 1.94. The highest BCUT2D eigenvalue weighted by molar-refractivity contribution is 5.02. The van der Waals surface area contributed by atoms with Crippen LogP contribution < -0.4 is 5.32 Å². The fourth-order valence-corrected chi connectivity index (χ4v) is 2.43. The largest absolute Gasteiger partial charge is 0.339 e. The Balaban J connectivity index is 1.64. The van der Waals surface area contributed by atoms with Gasteiger partial charge in [-0.05, 0) is 25.4 Å². The molecular weight excluding hydrogens is 228 g/mol. The van der Waals surface area contributed by atoms with Crippen LogP contribution in [0, 0.1) is 5.92 Å². The van der Waals surface area contributed by atoms with Crippen LogP contribution >= 0.6 is 0 Å². The number of nitrogens with one attached hydrogen (secondary N) is 1. The summed E-state index contributed by atoms with van der Waals surface area (Å²) in [6.07, 6.45) is 1.01. The van der Waals surface area contributed by atoms with Crippen LogP contribution in [0.15, 0.2) is 4.52 Å². The van der Waals surface area contributed by atoms with Crippen molar-refractivity contribution in [3.63, 3.8) is 0 Å². The number of alkyl halides is 2. The Kier molecular flexibility index (Phi) is 2.61. The first-order valence-electron chi connectivity index (χ1n) is 6.03. The third kappa shape index (κ3) is 2.31. The maximum Gasteiger partial charge on any atom is 0.248 e. The van der Waals surface area contributed by atoms with Crippen molar-refractivity contribution in [3.05, 3.63) is 11.7 Å². The van der Waals surface area contributed by atoms with Crippen molar-refractivity contribution in [2.24, 2.45) is 5.92 Å². The molecule has 1 saturated carbocycles. The number of halogens is 2. The highest BCUT2D eigenvalue weighted by atomic mass is 19.3. The molecule has 1 atom stereocenters. The molecule has 94 valence electrons. The summed E-state index contributed by atoms with van der Waals surface area (Å²) < 4.78 is 31.3. The molecule has 0 aromatic carbocycles. The van der Waals surface area contributed by atoms with E-state index in [1.807, 2.05) is 0 Å². The highest BCUT2D eigenvalue weighted by Crippen LogP contribution is 2.43. The molecule has 2 heterocycles. The molecule has 1 aliphatic carbocycles. The first kappa shape index (κ1) is 11.1. The van der Waals surface area contributed by atoms with E-state index in [1.54, 1.807) is 0 Å². The zero-order chi connectivity index (χ0) is 11.9. The van der Waals surface area contributed by atoms with Crippen molar-refractivity contribution in [3.8, 4) is 0 Å². The van der Waals surface area contributed by atoms with Gasteiger partial charge in [-0.25, -0.2) is 8.78 Å². The number of hydrogen-bond donors (Lipinski definition) is 1. The van der Waals surface area contributed by atoms with Crippen LogP contribution in [0.4, 0.5) is 8.78 Å². The van der Waals surface area contributed by atoms with Gasteiger partial charge in [0.05, 0.1) is 0 Å². The van der Waals surface area contributed by atoms with Gasteiger partial charge in [-0.2, -0.15) is 4.98 Å². The Morgan fingerprint density at radius 1 is 1.41 bits per heavy atom. The van der Waals surface area contributed by atoms with E-state index < -0.39 is 5.92 Å². The lowest BCUT2D eigenvalue weighted by Gasteiger charge is -2.25. The lowest BCUT2D eigenvalue weighted by Crippen LogP contribution is -2.43. The monoisotopic (exact) mass is 243 g/mol. The normalized spacial score (nSPS) is 28.2. The van der Waals surface area contributed by atoms with Crippen LogP contribution in [0.2, 0.25) is 0 Å². The van der Waals surface area contributed by atoms with E-state index in [0.717, 1.165) is 19.5 Å². The smallest absolute Gasteiger partial charge is 0.248 e. The van der Waals surface area contributed by atoms with Crippen LogP contribution in [0.5, 0.6) is 0 Å². The average molecular weight is 243 g/mol. The summed E-state index contributed by atoms with van der Waals surface area (Å²) in [5.74, 6) is -1.19. The molecule has 0 spiro atoms. The van der Waals surface area contributed by atoms with Crippen LogP contribution in [0.1, 0.15) is 36.9 Å². The quantitative estimate of drug-likeness (QED) is 0.878. The van der Waals surface area contributed by atoms with Crippen LogP contribution in [-0.2, 0) is 6.42 Å². The summed E-state index contributed by atoms with van der Waals surface area (Å²) >= 11 is 0. The molecule has 1 unspecified atom stereocenters. The van der Waals surface area contributed by atoms with E-state index >= 15 is 0 Å². The molecule has 1 aromatic heterocycles. The fraction of sp³-hybridized carbons (Fsp3) is 0.818. The van der Waals surface area contributed by atoms with E-state index in [1.165, 1.54) is 0 Å². The molecule has 4 nitrogen and oxygen atoms in total. The van der Waals surface area contributed by atoms with E-state index in [4.69, 9.17) is 4.52 Å². The molecule has 6 heteroatoms. The molecule has 0 radical (unpaired) electrons. The van der Waals surface area contributed by atoms with Crippen molar-refractivity contribution in [2.45, 2.75) is 37.5 Å². The molecule has 2 aliphatic rings. The lowest BCUT2D eigenvalue weighted by atomic mass is 9.99. The summed E-state index contributed by atoms with van der Waals surface area (Å²) in [5.41, 5.74) is 0. The Morgan fingerprint density at radius 2 is 2.24 bits per heavy atom. The summed E-state index contributed by atoms with van der Waals surface area (Å²) in [5, 5.41) is 7.00. The zero-order valence-corrected chi connectivity index (χ0v) is 9.46. The SMILES string of the molecule is FC1(F)CCC(c2noc(CC3CNC3)n2)C1. The predicted molar refractivity (Wildman–Crippen MR) is 55.9 cm³/mol.